The summed E-state index contributed by atoms with van der Waals surface area (Å²) in [7, 11) is 0. The van der Waals surface area contributed by atoms with Gasteiger partial charge in [-0.15, -0.1) is 0 Å². The third-order valence-electron chi connectivity index (χ3n) is 9.95. The number of hydrogen-bond donors (Lipinski definition) is 0. The van der Waals surface area contributed by atoms with Crippen LogP contribution in [-0.2, 0) is 28.6 Å². The summed E-state index contributed by atoms with van der Waals surface area (Å²) in [6.07, 6.45) is 60.0. The molecule has 0 heterocycles. The van der Waals surface area contributed by atoms with Crippen LogP contribution in [0.25, 0.3) is 0 Å². The second-order valence-electron chi connectivity index (χ2n) is 15.8. The van der Waals surface area contributed by atoms with Gasteiger partial charge in [0.05, 0.1) is 0 Å². The van der Waals surface area contributed by atoms with E-state index in [0.29, 0.717) is 25.7 Å². The smallest absolute Gasteiger partial charge is 0.306 e. The van der Waals surface area contributed by atoms with E-state index in [-0.39, 0.29) is 31.1 Å². The molecular weight excluding hydrogens is 733 g/mol. The Bertz CT molecular complexity index is 1170. The van der Waals surface area contributed by atoms with Crippen LogP contribution in [0.3, 0.4) is 0 Å². The highest BCUT2D eigenvalue weighted by atomic mass is 16.6. The number of esters is 3. The molecule has 0 aliphatic carbocycles. The van der Waals surface area contributed by atoms with Crippen molar-refractivity contribution in [3.63, 3.8) is 0 Å². The molecular formula is C53H88O6. The van der Waals surface area contributed by atoms with E-state index >= 15 is 0 Å². The lowest BCUT2D eigenvalue weighted by Crippen LogP contribution is -2.30. The van der Waals surface area contributed by atoms with Crippen LogP contribution in [-0.4, -0.2) is 37.2 Å². The first-order valence-corrected chi connectivity index (χ1v) is 24.2. The first-order chi connectivity index (χ1) is 29.0. The van der Waals surface area contributed by atoms with Crippen LogP contribution in [0.2, 0.25) is 0 Å². The highest BCUT2D eigenvalue weighted by molar-refractivity contribution is 5.71. The predicted octanol–water partition coefficient (Wildman–Crippen LogP) is 15.6. The highest BCUT2D eigenvalue weighted by Gasteiger charge is 2.19. The molecule has 0 aliphatic rings. The first-order valence-electron chi connectivity index (χ1n) is 24.2. The molecule has 0 bridgehead atoms. The fraction of sp³-hybridized carbons (Fsp3) is 0.679. The molecule has 0 N–H and O–H groups in total. The van der Waals surface area contributed by atoms with Crippen LogP contribution in [0, 0.1) is 0 Å². The summed E-state index contributed by atoms with van der Waals surface area (Å²) < 4.78 is 16.7. The van der Waals surface area contributed by atoms with Gasteiger partial charge in [0, 0.05) is 19.3 Å². The van der Waals surface area contributed by atoms with Crippen LogP contribution in [0.1, 0.15) is 213 Å². The molecule has 0 aliphatic heterocycles. The molecule has 0 saturated heterocycles. The lowest BCUT2D eigenvalue weighted by atomic mass is 10.1. The van der Waals surface area contributed by atoms with E-state index in [1.54, 1.807) is 0 Å². The molecule has 0 spiro atoms. The van der Waals surface area contributed by atoms with Gasteiger partial charge in [0.2, 0.25) is 0 Å². The molecule has 0 aromatic carbocycles. The van der Waals surface area contributed by atoms with E-state index in [0.717, 1.165) is 89.9 Å². The van der Waals surface area contributed by atoms with Crippen LogP contribution in [0.15, 0.2) is 85.1 Å². The van der Waals surface area contributed by atoms with E-state index in [4.69, 9.17) is 14.2 Å². The summed E-state index contributed by atoms with van der Waals surface area (Å²) in [5.74, 6) is -0.986. The molecule has 0 radical (unpaired) electrons. The van der Waals surface area contributed by atoms with Crippen molar-refractivity contribution < 1.29 is 28.6 Å². The van der Waals surface area contributed by atoms with Crippen molar-refractivity contribution in [2.24, 2.45) is 0 Å². The van der Waals surface area contributed by atoms with Crippen LogP contribution in [0.4, 0.5) is 0 Å². The number of allylic oxidation sites excluding steroid dienone is 14. The molecule has 0 saturated carbocycles. The largest absolute Gasteiger partial charge is 0.462 e. The predicted molar refractivity (Wildman–Crippen MR) is 251 cm³/mol. The quantitative estimate of drug-likeness (QED) is 0.0201. The molecule has 6 heteroatoms. The molecule has 0 fully saturated rings. The lowest BCUT2D eigenvalue weighted by molar-refractivity contribution is -0.167. The maximum absolute atomic E-state index is 12.7. The average Bonchev–Trinajstić information content (AvgIpc) is 3.23. The Balaban J connectivity index is 4.45. The molecule has 336 valence electrons. The van der Waals surface area contributed by atoms with Gasteiger partial charge in [-0.1, -0.05) is 196 Å². The van der Waals surface area contributed by atoms with Gasteiger partial charge < -0.3 is 14.2 Å². The molecule has 6 nitrogen and oxygen atoms in total. The van der Waals surface area contributed by atoms with Gasteiger partial charge in [-0.3, -0.25) is 14.4 Å². The zero-order chi connectivity index (χ0) is 43.0. The van der Waals surface area contributed by atoms with Crippen molar-refractivity contribution in [1.82, 2.24) is 0 Å². The van der Waals surface area contributed by atoms with Gasteiger partial charge in [-0.05, 0) is 83.5 Å². The Morgan fingerprint density at radius 2 is 0.678 bits per heavy atom. The number of carbonyl (C=O) groups excluding carboxylic acids is 3. The van der Waals surface area contributed by atoms with Crippen molar-refractivity contribution in [3.8, 4) is 0 Å². The number of ether oxygens (including phenoxy) is 3. The summed E-state index contributed by atoms with van der Waals surface area (Å²) >= 11 is 0. The Hall–Kier alpha value is -3.41. The van der Waals surface area contributed by atoms with Crippen LogP contribution >= 0.6 is 0 Å². The number of hydrogen-bond acceptors (Lipinski definition) is 6. The molecule has 1 unspecified atom stereocenters. The van der Waals surface area contributed by atoms with E-state index < -0.39 is 6.10 Å². The zero-order valence-electron chi connectivity index (χ0n) is 38.2. The fourth-order valence-electron chi connectivity index (χ4n) is 6.29. The Morgan fingerprint density at radius 1 is 0.339 bits per heavy atom. The monoisotopic (exact) mass is 821 g/mol. The number of unbranched alkanes of at least 4 members (excludes halogenated alkanes) is 21. The summed E-state index contributed by atoms with van der Waals surface area (Å²) in [6, 6.07) is 0. The van der Waals surface area contributed by atoms with E-state index in [9.17, 15) is 14.4 Å². The maximum Gasteiger partial charge on any atom is 0.306 e. The number of carbonyl (C=O) groups is 3. The van der Waals surface area contributed by atoms with Gasteiger partial charge >= 0.3 is 17.9 Å². The molecule has 0 amide bonds. The second-order valence-corrected chi connectivity index (χ2v) is 15.8. The zero-order valence-corrected chi connectivity index (χ0v) is 38.2. The van der Waals surface area contributed by atoms with E-state index in [1.807, 2.05) is 36.5 Å². The van der Waals surface area contributed by atoms with E-state index in [1.165, 1.54) is 77.0 Å². The standard InChI is InChI=1S/C53H88O6/c1-4-7-10-13-16-19-21-23-25-26-27-28-30-31-34-37-40-43-46-52(55)58-49-50(48-57-51(54)45-42-39-36-33-18-15-12-9-6-3)59-53(56)47-44-41-38-35-32-29-24-22-20-17-14-11-8-5-2/h10,13,16,19,21,23,25-29,32-33,36,50H,4-9,11-12,14-15,17-18,20,22,24,30-31,34-35,37-49H2,1-3H3/b13-10-,19-16-,23-21-,26-25-,28-27-,32-29-,36-33-. The number of rotatable bonds is 42. The van der Waals surface area contributed by atoms with Crippen LogP contribution in [0.5, 0.6) is 0 Å². The Labute approximate surface area is 363 Å². The second kappa shape index (κ2) is 47.3. The molecule has 0 aromatic rings. The summed E-state index contributed by atoms with van der Waals surface area (Å²) in [6.45, 7) is 6.43. The topological polar surface area (TPSA) is 78.9 Å². The van der Waals surface area contributed by atoms with E-state index in [2.05, 4.69) is 69.4 Å². The van der Waals surface area contributed by atoms with Gasteiger partial charge in [-0.2, -0.15) is 0 Å². The Morgan fingerprint density at radius 3 is 1.17 bits per heavy atom. The van der Waals surface area contributed by atoms with Crippen molar-refractivity contribution in [3.05, 3.63) is 85.1 Å². The van der Waals surface area contributed by atoms with Gasteiger partial charge in [0.1, 0.15) is 13.2 Å². The molecule has 59 heavy (non-hydrogen) atoms. The molecule has 0 rings (SSSR count). The lowest BCUT2D eigenvalue weighted by Gasteiger charge is -2.18. The minimum atomic E-state index is -0.804. The summed E-state index contributed by atoms with van der Waals surface area (Å²) in [5.41, 5.74) is 0. The average molecular weight is 821 g/mol. The normalized spacial score (nSPS) is 12.8. The third-order valence-corrected chi connectivity index (χ3v) is 9.95. The summed E-state index contributed by atoms with van der Waals surface area (Å²) in [4.78, 5) is 37.8. The van der Waals surface area contributed by atoms with Crippen molar-refractivity contribution in [2.45, 2.75) is 219 Å². The maximum atomic E-state index is 12.7. The Kier molecular flexibility index (Phi) is 44.5. The molecule has 0 aromatic heterocycles. The summed E-state index contributed by atoms with van der Waals surface area (Å²) in [5, 5.41) is 0. The SMILES string of the molecule is CCC\C=C/C=C\C=C/C=C\C=C/CCCCCCCC(=O)OCC(COC(=O)CCC/C=C\CCCCCC)OC(=O)CCCCC/C=C\CCCCCCCCC. The molecule has 1 atom stereocenters. The van der Waals surface area contributed by atoms with Gasteiger partial charge in [0.25, 0.3) is 0 Å². The minimum absolute atomic E-state index is 0.105. The highest BCUT2D eigenvalue weighted by Crippen LogP contribution is 2.12. The van der Waals surface area contributed by atoms with Gasteiger partial charge in [0.15, 0.2) is 6.10 Å². The first kappa shape index (κ1) is 55.6. The van der Waals surface area contributed by atoms with Crippen molar-refractivity contribution in [1.29, 1.82) is 0 Å². The van der Waals surface area contributed by atoms with Crippen molar-refractivity contribution >= 4 is 17.9 Å². The van der Waals surface area contributed by atoms with Crippen molar-refractivity contribution in [2.75, 3.05) is 13.2 Å². The third kappa shape index (κ3) is 45.5. The minimum Gasteiger partial charge on any atom is -0.462 e. The van der Waals surface area contributed by atoms with Gasteiger partial charge in [-0.25, -0.2) is 0 Å². The fourth-order valence-corrected chi connectivity index (χ4v) is 6.29. The van der Waals surface area contributed by atoms with Crippen LogP contribution < -0.4 is 0 Å².